The van der Waals surface area contributed by atoms with Crippen LogP contribution in [0.3, 0.4) is 0 Å². The monoisotopic (exact) mass is 301 g/mol. The van der Waals surface area contributed by atoms with E-state index in [1.165, 1.54) is 17.1 Å². The molecule has 1 N–H and O–H groups in total. The van der Waals surface area contributed by atoms with Crippen LogP contribution in [-0.2, 0) is 11.3 Å². The van der Waals surface area contributed by atoms with Crippen molar-refractivity contribution in [3.05, 3.63) is 48.3 Å². The maximum absolute atomic E-state index is 12.7. The van der Waals surface area contributed by atoms with Crippen molar-refractivity contribution in [1.82, 2.24) is 15.1 Å². The van der Waals surface area contributed by atoms with Crippen molar-refractivity contribution < 1.29 is 22.4 Å². The summed E-state index contributed by atoms with van der Waals surface area (Å²) in [6.45, 7) is -0.312. The number of alkyl halides is 4. The van der Waals surface area contributed by atoms with Gasteiger partial charge < -0.3 is 5.32 Å². The van der Waals surface area contributed by atoms with E-state index in [9.17, 15) is 22.4 Å². The first-order chi connectivity index (χ1) is 9.91. The van der Waals surface area contributed by atoms with Gasteiger partial charge in [-0.1, -0.05) is 18.2 Å². The highest BCUT2D eigenvalue weighted by atomic mass is 19.3. The van der Waals surface area contributed by atoms with E-state index in [1.54, 1.807) is 29.6 Å². The van der Waals surface area contributed by atoms with Gasteiger partial charge in [-0.3, -0.25) is 4.79 Å². The summed E-state index contributed by atoms with van der Waals surface area (Å²) in [4.78, 5) is 11.0. The van der Waals surface area contributed by atoms with Crippen molar-refractivity contribution in [2.45, 2.75) is 18.9 Å². The van der Waals surface area contributed by atoms with E-state index in [2.05, 4.69) is 5.10 Å². The molecule has 0 aliphatic carbocycles. The van der Waals surface area contributed by atoms with Gasteiger partial charge in [-0.05, 0) is 12.1 Å². The third kappa shape index (κ3) is 3.39. The maximum Gasteiger partial charge on any atom is 0.383 e. The molecule has 0 fully saturated rings. The number of nitrogens with zero attached hydrogens (tertiary/aromatic N) is 2. The van der Waals surface area contributed by atoms with Gasteiger partial charge in [0.25, 0.3) is 5.91 Å². The number of hydrogen-bond acceptors (Lipinski definition) is 2. The average Bonchev–Trinajstić information content (AvgIpc) is 2.94. The van der Waals surface area contributed by atoms with E-state index in [4.69, 9.17) is 0 Å². The lowest BCUT2D eigenvalue weighted by atomic mass is 10.3. The van der Waals surface area contributed by atoms with Crippen molar-refractivity contribution in [1.29, 1.82) is 0 Å². The zero-order chi connectivity index (χ0) is 15.5. The van der Waals surface area contributed by atoms with E-state index >= 15 is 0 Å². The Hall–Kier alpha value is -2.38. The summed E-state index contributed by atoms with van der Waals surface area (Å²) < 4.78 is 50.9. The van der Waals surface area contributed by atoms with Crippen molar-refractivity contribution in [2.75, 3.05) is 0 Å². The van der Waals surface area contributed by atoms with Crippen molar-refractivity contribution in [2.24, 2.45) is 0 Å². The Kier molecular flexibility index (Phi) is 4.25. The first kappa shape index (κ1) is 15.0. The Morgan fingerprint density at radius 1 is 1.29 bits per heavy atom. The van der Waals surface area contributed by atoms with Crippen LogP contribution in [0, 0.1) is 0 Å². The van der Waals surface area contributed by atoms with Crippen LogP contribution < -0.4 is 5.32 Å². The van der Waals surface area contributed by atoms with Crippen LogP contribution in [0.2, 0.25) is 0 Å². The molecule has 1 amide bonds. The molecule has 0 radical (unpaired) electrons. The van der Waals surface area contributed by atoms with Crippen LogP contribution in [0.1, 0.15) is 5.56 Å². The van der Waals surface area contributed by atoms with Crippen molar-refractivity contribution in [3.8, 4) is 5.69 Å². The molecule has 21 heavy (non-hydrogen) atoms. The van der Waals surface area contributed by atoms with Crippen LogP contribution in [-0.4, -0.2) is 28.0 Å². The predicted octanol–water partition coefficient (Wildman–Crippen LogP) is 2.39. The van der Waals surface area contributed by atoms with Gasteiger partial charge >= 0.3 is 12.3 Å². The number of carbonyl (C=O) groups excluding carboxylic acids is 1. The number of rotatable bonds is 5. The number of benzene rings is 1. The molecule has 0 unspecified atom stereocenters. The Bertz CT molecular complexity index is 613. The van der Waals surface area contributed by atoms with Crippen LogP contribution in [0.5, 0.6) is 0 Å². The molecule has 0 spiro atoms. The standard InChI is InChI=1S/C13H11F4N3O/c14-11(15)13(16,17)12(21)18-6-9-7-19-20(8-9)10-4-2-1-3-5-10/h1-5,7-8,11H,6H2,(H,18,21). The molecule has 0 aliphatic heterocycles. The van der Waals surface area contributed by atoms with Crippen LogP contribution in [0.15, 0.2) is 42.7 Å². The molecule has 0 saturated carbocycles. The third-order valence-corrected chi connectivity index (χ3v) is 2.69. The number of halogens is 4. The summed E-state index contributed by atoms with van der Waals surface area (Å²) in [5.74, 6) is -6.71. The topological polar surface area (TPSA) is 46.9 Å². The van der Waals surface area contributed by atoms with E-state index < -0.39 is 18.3 Å². The van der Waals surface area contributed by atoms with Crippen LogP contribution >= 0.6 is 0 Å². The SMILES string of the molecule is O=C(NCc1cnn(-c2ccccc2)c1)C(F)(F)C(F)F. The Morgan fingerprint density at radius 3 is 2.57 bits per heavy atom. The first-order valence-corrected chi connectivity index (χ1v) is 5.94. The fourth-order valence-corrected chi connectivity index (χ4v) is 1.57. The predicted molar refractivity (Wildman–Crippen MR) is 66.4 cm³/mol. The summed E-state index contributed by atoms with van der Waals surface area (Å²) in [5.41, 5.74) is 1.16. The minimum atomic E-state index is -4.70. The lowest BCUT2D eigenvalue weighted by Crippen LogP contribution is -2.44. The van der Waals surface area contributed by atoms with Gasteiger partial charge in [0.1, 0.15) is 0 Å². The fourth-order valence-electron chi connectivity index (χ4n) is 1.57. The molecule has 1 aromatic carbocycles. The molecule has 0 aliphatic rings. The minimum Gasteiger partial charge on any atom is -0.346 e. The van der Waals surface area contributed by atoms with Gasteiger partial charge in [-0.25, -0.2) is 13.5 Å². The molecule has 0 saturated heterocycles. The molecule has 2 rings (SSSR count). The quantitative estimate of drug-likeness (QED) is 0.862. The molecule has 112 valence electrons. The first-order valence-electron chi connectivity index (χ1n) is 5.94. The smallest absolute Gasteiger partial charge is 0.346 e. The molecule has 0 atom stereocenters. The zero-order valence-electron chi connectivity index (χ0n) is 10.6. The number of nitrogens with one attached hydrogen (secondary N) is 1. The van der Waals surface area contributed by atoms with Gasteiger partial charge in [0, 0.05) is 18.3 Å². The van der Waals surface area contributed by atoms with E-state index in [1.807, 2.05) is 6.07 Å². The lowest BCUT2D eigenvalue weighted by molar-refractivity contribution is -0.169. The van der Waals surface area contributed by atoms with E-state index in [0.717, 1.165) is 5.69 Å². The fraction of sp³-hybridized carbons (Fsp3) is 0.231. The normalized spacial score (nSPS) is 11.7. The molecule has 2 aromatic rings. The van der Waals surface area contributed by atoms with Gasteiger partial charge in [0.05, 0.1) is 11.9 Å². The molecule has 1 aromatic heterocycles. The highest BCUT2D eigenvalue weighted by Crippen LogP contribution is 2.22. The largest absolute Gasteiger partial charge is 0.383 e. The Balaban J connectivity index is 2.00. The number of amides is 1. The van der Waals surface area contributed by atoms with Crippen molar-refractivity contribution in [3.63, 3.8) is 0 Å². The molecule has 8 heteroatoms. The minimum absolute atomic E-state index is 0.312. The average molecular weight is 301 g/mol. The van der Waals surface area contributed by atoms with Gasteiger partial charge in [0.15, 0.2) is 0 Å². The summed E-state index contributed by atoms with van der Waals surface area (Å²) in [6, 6.07) is 8.96. The molecular formula is C13H11F4N3O. The Morgan fingerprint density at radius 2 is 1.95 bits per heavy atom. The number of aromatic nitrogens is 2. The van der Waals surface area contributed by atoms with Gasteiger partial charge in [0.2, 0.25) is 0 Å². The van der Waals surface area contributed by atoms with E-state index in [-0.39, 0.29) is 6.54 Å². The lowest BCUT2D eigenvalue weighted by Gasteiger charge is -2.14. The summed E-state index contributed by atoms with van der Waals surface area (Å²) >= 11 is 0. The van der Waals surface area contributed by atoms with Crippen molar-refractivity contribution >= 4 is 5.91 Å². The highest BCUT2D eigenvalue weighted by Gasteiger charge is 2.48. The number of para-hydroxylation sites is 1. The van der Waals surface area contributed by atoms with Gasteiger partial charge in [-0.2, -0.15) is 13.9 Å². The van der Waals surface area contributed by atoms with Crippen LogP contribution in [0.25, 0.3) is 5.69 Å². The highest BCUT2D eigenvalue weighted by molar-refractivity contribution is 5.83. The summed E-state index contributed by atoms with van der Waals surface area (Å²) in [5, 5.41) is 5.75. The Labute approximate surface area is 117 Å². The zero-order valence-corrected chi connectivity index (χ0v) is 10.6. The summed E-state index contributed by atoms with van der Waals surface area (Å²) in [7, 11) is 0. The van der Waals surface area contributed by atoms with Gasteiger partial charge in [-0.15, -0.1) is 0 Å². The number of carbonyl (C=O) groups is 1. The van der Waals surface area contributed by atoms with Crippen LogP contribution in [0.4, 0.5) is 17.6 Å². The molecule has 1 heterocycles. The second-order valence-electron chi connectivity index (χ2n) is 4.24. The van der Waals surface area contributed by atoms with E-state index in [0.29, 0.717) is 5.56 Å². The molecule has 4 nitrogen and oxygen atoms in total. The second kappa shape index (κ2) is 5.94. The number of hydrogen-bond donors (Lipinski definition) is 1. The second-order valence-corrected chi connectivity index (χ2v) is 4.24. The third-order valence-electron chi connectivity index (χ3n) is 2.69. The summed E-state index contributed by atoms with van der Waals surface area (Å²) in [6.07, 6.45) is -1.17. The molecule has 0 bridgehead atoms. The maximum atomic E-state index is 12.7. The molecular weight excluding hydrogens is 290 g/mol.